The van der Waals surface area contributed by atoms with Crippen LogP contribution in [-0.4, -0.2) is 43.2 Å². The third-order valence-electron chi connectivity index (χ3n) is 3.03. The maximum atomic E-state index is 11.9. The Labute approximate surface area is 97.4 Å². The Morgan fingerprint density at radius 2 is 2.44 bits per heavy atom. The summed E-state index contributed by atoms with van der Waals surface area (Å²) in [6.07, 6.45) is 3.71. The molecule has 1 heterocycles. The van der Waals surface area contributed by atoms with Crippen LogP contribution in [0.15, 0.2) is 12.7 Å². The number of hydrogen-bond donors (Lipinski definition) is 1. The van der Waals surface area contributed by atoms with Gasteiger partial charge in [-0.15, -0.1) is 6.58 Å². The molecule has 2 N–H and O–H groups in total. The molecule has 1 rings (SSSR count). The van der Waals surface area contributed by atoms with Gasteiger partial charge in [0.2, 0.25) is 5.91 Å². The van der Waals surface area contributed by atoms with Gasteiger partial charge in [0.1, 0.15) is 6.61 Å². The molecule has 1 fully saturated rings. The normalized spacial score (nSPS) is 25.5. The lowest BCUT2D eigenvalue weighted by Crippen LogP contribution is -2.50. The Hall–Kier alpha value is -0.870. The number of ether oxygens (including phenoxy) is 1. The predicted octanol–water partition coefficient (Wildman–Crippen LogP) is 0.775. The number of hydrogen-bond acceptors (Lipinski definition) is 3. The van der Waals surface area contributed by atoms with Gasteiger partial charge >= 0.3 is 0 Å². The van der Waals surface area contributed by atoms with Gasteiger partial charge in [0.25, 0.3) is 0 Å². The second-order valence-corrected chi connectivity index (χ2v) is 4.41. The minimum atomic E-state index is 0.0456. The summed E-state index contributed by atoms with van der Waals surface area (Å²) >= 11 is 0. The van der Waals surface area contributed by atoms with Gasteiger partial charge < -0.3 is 15.4 Å². The average Bonchev–Trinajstić information content (AvgIpc) is 2.29. The van der Waals surface area contributed by atoms with Crippen LogP contribution < -0.4 is 5.73 Å². The lowest BCUT2D eigenvalue weighted by Gasteiger charge is -2.37. The standard InChI is InChI=1S/C12H22N2O2/c1-3-6-16-9-12(15)14-5-4-10(2)7-11(14)8-13/h3,10-11H,1,4-9,13H2,2H3. The number of carbonyl (C=O) groups is 1. The minimum absolute atomic E-state index is 0.0456. The molecule has 4 heteroatoms. The number of nitrogens with zero attached hydrogens (tertiary/aromatic N) is 1. The summed E-state index contributed by atoms with van der Waals surface area (Å²) in [7, 11) is 0. The lowest BCUT2D eigenvalue weighted by atomic mass is 9.92. The van der Waals surface area contributed by atoms with Gasteiger partial charge in [-0.25, -0.2) is 0 Å². The summed E-state index contributed by atoms with van der Waals surface area (Å²) in [6, 6.07) is 0.184. The molecule has 0 bridgehead atoms. The van der Waals surface area contributed by atoms with Gasteiger partial charge in [-0.1, -0.05) is 13.0 Å². The molecule has 1 aliphatic heterocycles. The van der Waals surface area contributed by atoms with Crippen molar-refractivity contribution in [3.05, 3.63) is 12.7 Å². The summed E-state index contributed by atoms with van der Waals surface area (Å²) in [6.45, 7) is 7.65. The number of piperidine rings is 1. The van der Waals surface area contributed by atoms with E-state index in [0.29, 0.717) is 19.1 Å². The van der Waals surface area contributed by atoms with E-state index < -0.39 is 0 Å². The molecule has 0 aromatic rings. The number of rotatable bonds is 5. The van der Waals surface area contributed by atoms with Crippen LogP contribution >= 0.6 is 0 Å². The van der Waals surface area contributed by atoms with E-state index in [1.807, 2.05) is 4.90 Å². The van der Waals surface area contributed by atoms with Crippen molar-refractivity contribution in [1.82, 2.24) is 4.90 Å². The highest BCUT2D eigenvalue weighted by Crippen LogP contribution is 2.21. The number of amides is 1. The zero-order valence-electron chi connectivity index (χ0n) is 10.0. The van der Waals surface area contributed by atoms with E-state index in [9.17, 15) is 4.79 Å². The molecule has 1 amide bonds. The quantitative estimate of drug-likeness (QED) is 0.556. The molecule has 1 saturated heterocycles. The van der Waals surface area contributed by atoms with Crippen molar-refractivity contribution in [2.45, 2.75) is 25.8 Å². The van der Waals surface area contributed by atoms with Crippen LogP contribution in [0.5, 0.6) is 0 Å². The third kappa shape index (κ3) is 3.61. The van der Waals surface area contributed by atoms with E-state index in [1.165, 1.54) is 0 Å². The maximum absolute atomic E-state index is 11.9. The molecular formula is C12H22N2O2. The van der Waals surface area contributed by atoms with Crippen LogP contribution in [-0.2, 0) is 9.53 Å². The minimum Gasteiger partial charge on any atom is -0.368 e. The first-order chi connectivity index (χ1) is 7.69. The van der Waals surface area contributed by atoms with Crippen LogP contribution in [0.3, 0.4) is 0 Å². The zero-order chi connectivity index (χ0) is 12.0. The Balaban J connectivity index is 2.43. The van der Waals surface area contributed by atoms with Gasteiger partial charge in [0.15, 0.2) is 0 Å². The summed E-state index contributed by atoms with van der Waals surface area (Å²) < 4.78 is 5.17. The monoisotopic (exact) mass is 226 g/mol. The van der Waals surface area contributed by atoms with Crippen molar-refractivity contribution in [2.24, 2.45) is 11.7 Å². The van der Waals surface area contributed by atoms with E-state index in [-0.39, 0.29) is 18.6 Å². The zero-order valence-corrected chi connectivity index (χ0v) is 10.0. The van der Waals surface area contributed by atoms with Gasteiger partial charge in [-0.2, -0.15) is 0 Å². The fourth-order valence-corrected chi connectivity index (χ4v) is 2.12. The molecule has 0 aliphatic carbocycles. The van der Waals surface area contributed by atoms with Crippen LogP contribution in [0.25, 0.3) is 0 Å². The predicted molar refractivity (Wildman–Crippen MR) is 64.0 cm³/mol. The topological polar surface area (TPSA) is 55.6 Å². The second kappa shape index (κ2) is 6.66. The van der Waals surface area contributed by atoms with E-state index >= 15 is 0 Å². The van der Waals surface area contributed by atoms with Gasteiger partial charge in [0, 0.05) is 19.1 Å². The molecule has 2 atom stereocenters. The first kappa shape index (κ1) is 13.2. The summed E-state index contributed by atoms with van der Waals surface area (Å²) in [5.74, 6) is 0.705. The fourth-order valence-electron chi connectivity index (χ4n) is 2.12. The SMILES string of the molecule is C=CCOCC(=O)N1CCC(C)CC1CN. The average molecular weight is 226 g/mol. The molecule has 1 aliphatic rings. The van der Waals surface area contributed by atoms with Crippen LogP contribution in [0.1, 0.15) is 19.8 Å². The van der Waals surface area contributed by atoms with E-state index in [1.54, 1.807) is 6.08 Å². The molecule has 4 nitrogen and oxygen atoms in total. The first-order valence-corrected chi connectivity index (χ1v) is 5.87. The molecule has 0 radical (unpaired) electrons. The van der Waals surface area contributed by atoms with Crippen LogP contribution in [0.2, 0.25) is 0 Å². The highest BCUT2D eigenvalue weighted by Gasteiger charge is 2.28. The van der Waals surface area contributed by atoms with E-state index in [2.05, 4.69) is 13.5 Å². The van der Waals surface area contributed by atoms with Crippen molar-refractivity contribution in [3.63, 3.8) is 0 Å². The van der Waals surface area contributed by atoms with Crippen molar-refractivity contribution >= 4 is 5.91 Å². The smallest absolute Gasteiger partial charge is 0.248 e. The largest absolute Gasteiger partial charge is 0.368 e. The van der Waals surface area contributed by atoms with E-state index in [0.717, 1.165) is 19.4 Å². The number of likely N-dealkylation sites (tertiary alicyclic amines) is 1. The molecule has 16 heavy (non-hydrogen) atoms. The van der Waals surface area contributed by atoms with Crippen molar-refractivity contribution < 1.29 is 9.53 Å². The first-order valence-electron chi connectivity index (χ1n) is 5.87. The molecule has 2 unspecified atom stereocenters. The van der Waals surface area contributed by atoms with Gasteiger partial charge in [-0.3, -0.25) is 4.79 Å². The van der Waals surface area contributed by atoms with Gasteiger partial charge in [-0.05, 0) is 18.8 Å². The molecule has 0 aromatic heterocycles. The highest BCUT2D eigenvalue weighted by atomic mass is 16.5. The van der Waals surface area contributed by atoms with Crippen molar-refractivity contribution in [2.75, 3.05) is 26.3 Å². The Bertz CT molecular complexity index is 243. The maximum Gasteiger partial charge on any atom is 0.248 e. The van der Waals surface area contributed by atoms with Gasteiger partial charge in [0.05, 0.1) is 6.61 Å². The summed E-state index contributed by atoms with van der Waals surface area (Å²) in [5, 5.41) is 0. The van der Waals surface area contributed by atoms with E-state index in [4.69, 9.17) is 10.5 Å². The summed E-state index contributed by atoms with van der Waals surface area (Å²) in [4.78, 5) is 13.7. The Kier molecular flexibility index (Phi) is 5.49. The summed E-state index contributed by atoms with van der Waals surface area (Å²) in [5.41, 5.74) is 5.70. The Morgan fingerprint density at radius 3 is 3.06 bits per heavy atom. The number of nitrogens with two attached hydrogens (primary N) is 1. The molecule has 0 aromatic carbocycles. The molecular weight excluding hydrogens is 204 g/mol. The molecule has 92 valence electrons. The second-order valence-electron chi connectivity index (χ2n) is 4.41. The Morgan fingerprint density at radius 1 is 1.69 bits per heavy atom. The van der Waals surface area contributed by atoms with Crippen molar-refractivity contribution in [1.29, 1.82) is 0 Å². The van der Waals surface area contributed by atoms with Crippen molar-refractivity contribution in [3.8, 4) is 0 Å². The van der Waals surface area contributed by atoms with Crippen LogP contribution in [0, 0.1) is 5.92 Å². The third-order valence-corrected chi connectivity index (χ3v) is 3.03. The molecule has 0 saturated carbocycles. The molecule has 0 spiro atoms. The van der Waals surface area contributed by atoms with Crippen LogP contribution in [0.4, 0.5) is 0 Å². The lowest BCUT2D eigenvalue weighted by molar-refractivity contribution is -0.139. The highest BCUT2D eigenvalue weighted by molar-refractivity contribution is 5.78. The number of carbonyl (C=O) groups excluding carboxylic acids is 1. The fraction of sp³-hybridized carbons (Fsp3) is 0.750.